The Bertz CT molecular complexity index is 354. The summed E-state index contributed by atoms with van der Waals surface area (Å²) in [5.74, 6) is 0.398. The van der Waals surface area contributed by atoms with Gasteiger partial charge in [-0.3, -0.25) is 0 Å². The molecular weight excluding hydrogens is 210 g/mol. The Morgan fingerprint density at radius 3 is 2.94 bits per heavy atom. The van der Waals surface area contributed by atoms with Crippen LogP contribution in [0.3, 0.4) is 0 Å². The highest BCUT2D eigenvalue weighted by Crippen LogP contribution is 2.39. The second-order valence-electron chi connectivity index (χ2n) is 5.18. The van der Waals surface area contributed by atoms with Gasteiger partial charge in [-0.25, -0.2) is 0 Å². The second kappa shape index (κ2) is 5.54. The quantitative estimate of drug-likeness (QED) is 0.840. The average molecular weight is 233 g/mol. The summed E-state index contributed by atoms with van der Waals surface area (Å²) >= 11 is 0. The maximum absolute atomic E-state index is 9.68. The Kier molecular flexibility index (Phi) is 4.06. The Labute approximate surface area is 104 Å². The molecule has 2 rings (SSSR count). The van der Waals surface area contributed by atoms with Crippen molar-refractivity contribution in [1.82, 2.24) is 5.32 Å². The number of hydrogen-bond acceptors (Lipinski definition) is 2. The van der Waals surface area contributed by atoms with Gasteiger partial charge in [0.2, 0.25) is 0 Å². The molecule has 0 aliphatic carbocycles. The van der Waals surface area contributed by atoms with Crippen molar-refractivity contribution in [1.29, 1.82) is 0 Å². The van der Waals surface area contributed by atoms with Crippen molar-refractivity contribution in [2.75, 3.05) is 13.1 Å². The van der Waals surface area contributed by atoms with Crippen molar-refractivity contribution >= 4 is 0 Å². The predicted molar refractivity (Wildman–Crippen MR) is 71.4 cm³/mol. The summed E-state index contributed by atoms with van der Waals surface area (Å²) in [5, 5.41) is 13.2. The lowest BCUT2D eigenvalue weighted by Gasteiger charge is -2.33. The minimum absolute atomic E-state index is 0.275. The molecule has 2 N–H and O–H groups in total. The molecule has 94 valence electrons. The van der Waals surface area contributed by atoms with Crippen LogP contribution in [0, 0.1) is 0 Å². The van der Waals surface area contributed by atoms with Crippen molar-refractivity contribution in [3.63, 3.8) is 0 Å². The summed E-state index contributed by atoms with van der Waals surface area (Å²) in [6.45, 7) is 4.48. The first-order valence-electron chi connectivity index (χ1n) is 6.77. The number of hydrogen-bond donors (Lipinski definition) is 2. The standard InChI is InChI=1S/C15H23NO/c1-2-7-15(8-4-10-16-11-9-15)13-5-3-6-14(17)12-13/h3,5-6,12,16-17H,2,4,7-11H2,1H3. The molecule has 0 bridgehead atoms. The molecule has 1 atom stereocenters. The van der Waals surface area contributed by atoms with Crippen LogP contribution in [0.4, 0.5) is 0 Å². The molecule has 0 spiro atoms. The van der Waals surface area contributed by atoms with Gasteiger partial charge in [0.05, 0.1) is 0 Å². The van der Waals surface area contributed by atoms with Gasteiger partial charge in [0.25, 0.3) is 0 Å². The van der Waals surface area contributed by atoms with Crippen LogP contribution in [-0.4, -0.2) is 18.2 Å². The first-order valence-corrected chi connectivity index (χ1v) is 6.77. The zero-order valence-corrected chi connectivity index (χ0v) is 10.7. The molecule has 1 saturated heterocycles. The third-order valence-corrected chi connectivity index (χ3v) is 3.98. The minimum atomic E-state index is 0.275. The number of rotatable bonds is 3. The lowest BCUT2D eigenvalue weighted by atomic mass is 9.71. The zero-order chi connectivity index (χ0) is 12.1. The van der Waals surface area contributed by atoms with Crippen molar-refractivity contribution < 1.29 is 5.11 Å². The summed E-state index contributed by atoms with van der Waals surface area (Å²) in [7, 11) is 0. The fourth-order valence-electron chi connectivity index (χ4n) is 3.13. The molecular formula is C15H23NO. The smallest absolute Gasteiger partial charge is 0.115 e. The van der Waals surface area contributed by atoms with Gasteiger partial charge >= 0.3 is 0 Å². The van der Waals surface area contributed by atoms with E-state index in [-0.39, 0.29) is 5.41 Å². The third kappa shape index (κ3) is 2.81. The van der Waals surface area contributed by atoms with Gasteiger partial charge in [-0.05, 0) is 61.9 Å². The maximum Gasteiger partial charge on any atom is 0.115 e. The molecule has 0 saturated carbocycles. The van der Waals surface area contributed by atoms with Crippen LogP contribution in [0.2, 0.25) is 0 Å². The number of phenols is 1. The molecule has 0 radical (unpaired) electrons. The first-order chi connectivity index (χ1) is 8.27. The monoisotopic (exact) mass is 233 g/mol. The first kappa shape index (κ1) is 12.4. The van der Waals surface area contributed by atoms with Crippen molar-refractivity contribution in [3.8, 4) is 5.75 Å². The van der Waals surface area contributed by atoms with E-state index in [4.69, 9.17) is 0 Å². The average Bonchev–Trinajstić information content (AvgIpc) is 2.56. The van der Waals surface area contributed by atoms with Gasteiger partial charge in [0.15, 0.2) is 0 Å². The van der Waals surface area contributed by atoms with Crippen LogP contribution in [0.1, 0.15) is 44.6 Å². The Morgan fingerprint density at radius 1 is 1.29 bits per heavy atom. The Morgan fingerprint density at radius 2 is 2.18 bits per heavy atom. The van der Waals surface area contributed by atoms with Crippen molar-refractivity contribution in [2.45, 2.75) is 44.4 Å². The molecule has 2 heteroatoms. The van der Waals surface area contributed by atoms with E-state index in [0.29, 0.717) is 5.75 Å². The van der Waals surface area contributed by atoms with Gasteiger partial charge in [0, 0.05) is 0 Å². The summed E-state index contributed by atoms with van der Waals surface area (Å²) in [5.41, 5.74) is 1.60. The predicted octanol–water partition coefficient (Wildman–Crippen LogP) is 3.20. The van der Waals surface area contributed by atoms with Crippen molar-refractivity contribution in [3.05, 3.63) is 29.8 Å². The van der Waals surface area contributed by atoms with E-state index in [2.05, 4.69) is 18.3 Å². The van der Waals surface area contributed by atoms with Crippen LogP contribution >= 0.6 is 0 Å². The molecule has 17 heavy (non-hydrogen) atoms. The van der Waals surface area contributed by atoms with E-state index in [1.807, 2.05) is 12.1 Å². The molecule has 1 aromatic rings. The van der Waals surface area contributed by atoms with Crippen LogP contribution in [0.5, 0.6) is 5.75 Å². The molecule has 1 unspecified atom stereocenters. The fraction of sp³-hybridized carbons (Fsp3) is 0.600. The molecule has 1 heterocycles. The largest absolute Gasteiger partial charge is 0.508 e. The van der Waals surface area contributed by atoms with E-state index in [9.17, 15) is 5.11 Å². The minimum Gasteiger partial charge on any atom is -0.508 e. The maximum atomic E-state index is 9.68. The SMILES string of the molecule is CCCC1(c2cccc(O)c2)CCCNCC1. The highest BCUT2D eigenvalue weighted by atomic mass is 16.3. The highest BCUT2D eigenvalue weighted by Gasteiger charge is 2.31. The van der Waals surface area contributed by atoms with E-state index < -0.39 is 0 Å². The van der Waals surface area contributed by atoms with Crippen LogP contribution in [0.25, 0.3) is 0 Å². The fourth-order valence-corrected chi connectivity index (χ4v) is 3.13. The number of benzene rings is 1. The Hall–Kier alpha value is -1.02. The van der Waals surface area contributed by atoms with Crippen LogP contribution in [0.15, 0.2) is 24.3 Å². The number of nitrogens with one attached hydrogen (secondary N) is 1. The normalized spacial score (nSPS) is 25.5. The second-order valence-corrected chi connectivity index (χ2v) is 5.18. The van der Waals surface area contributed by atoms with Crippen molar-refractivity contribution in [2.24, 2.45) is 0 Å². The Balaban J connectivity index is 2.31. The summed E-state index contributed by atoms with van der Waals surface area (Å²) in [6.07, 6.45) is 6.07. The van der Waals surface area contributed by atoms with E-state index >= 15 is 0 Å². The number of phenolic OH excluding ortho intramolecular Hbond substituents is 1. The lowest BCUT2D eigenvalue weighted by Crippen LogP contribution is -2.27. The van der Waals surface area contributed by atoms with E-state index in [1.165, 1.54) is 37.7 Å². The summed E-state index contributed by atoms with van der Waals surface area (Å²) in [6, 6.07) is 7.88. The molecule has 1 aromatic carbocycles. The van der Waals surface area contributed by atoms with Gasteiger partial charge in [-0.1, -0.05) is 25.5 Å². The third-order valence-electron chi connectivity index (χ3n) is 3.98. The molecule has 0 aromatic heterocycles. The van der Waals surface area contributed by atoms with Crippen LogP contribution < -0.4 is 5.32 Å². The van der Waals surface area contributed by atoms with Gasteiger partial charge in [-0.15, -0.1) is 0 Å². The summed E-state index contributed by atoms with van der Waals surface area (Å²) < 4.78 is 0. The lowest BCUT2D eigenvalue weighted by molar-refractivity contribution is 0.346. The van der Waals surface area contributed by atoms with Gasteiger partial charge < -0.3 is 10.4 Å². The summed E-state index contributed by atoms with van der Waals surface area (Å²) in [4.78, 5) is 0. The van der Waals surface area contributed by atoms with E-state index in [1.54, 1.807) is 6.07 Å². The molecule has 2 nitrogen and oxygen atoms in total. The van der Waals surface area contributed by atoms with E-state index in [0.717, 1.165) is 13.1 Å². The molecule has 1 fully saturated rings. The molecule has 1 aliphatic heterocycles. The van der Waals surface area contributed by atoms with Gasteiger partial charge in [0.1, 0.15) is 5.75 Å². The molecule has 0 amide bonds. The number of aromatic hydroxyl groups is 1. The zero-order valence-electron chi connectivity index (χ0n) is 10.7. The molecule has 1 aliphatic rings. The highest BCUT2D eigenvalue weighted by molar-refractivity contribution is 5.33. The topological polar surface area (TPSA) is 32.3 Å². The van der Waals surface area contributed by atoms with Gasteiger partial charge in [-0.2, -0.15) is 0 Å². The van der Waals surface area contributed by atoms with Crippen LogP contribution in [-0.2, 0) is 5.41 Å².